The van der Waals surface area contributed by atoms with E-state index in [2.05, 4.69) is 24.8 Å². The van der Waals surface area contributed by atoms with Crippen LogP contribution in [0.5, 0.6) is 0 Å². The van der Waals surface area contributed by atoms with Crippen molar-refractivity contribution < 1.29 is 0 Å². The van der Waals surface area contributed by atoms with E-state index in [9.17, 15) is 0 Å². The molecule has 14 heavy (non-hydrogen) atoms. The fourth-order valence-corrected chi connectivity index (χ4v) is 2.13. The Balaban J connectivity index is 0.000000146. The molecule has 80 valence electrons. The molecule has 0 aromatic rings. The van der Waals surface area contributed by atoms with E-state index >= 15 is 0 Å². The minimum atomic E-state index is 0.851. The van der Waals surface area contributed by atoms with Crippen LogP contribution in [-0.2, 0) is 0 Å². The molecule has 0 aromatic heterocycles. The van der Waals surface area contributed by atoms with Crippen LogP contribution in [-0.4, -0.2) is 0 Å². The first-order valence-electron chi connectivity index (χ1n) is 6.21. The van der Waals surface area contributed by atoms with Crippen LogP contribution in [0.4, 0.5) is 0 Å². The normalized spacial score (nSPS) is 22.3. The van der Waals surface area contributed by atoms with Gasteiger partial charge in [0, 0.05) is 0 Å². The molecule has 0 heterocycles. The van der Waals surface area contributed by atoms with E-state index in [1.165, 1.54) is 57.8 Å². The first-order valence-corrected chi connectivity index (χ1v) is 6.21. The molecule has 0 amide bonds. The highest BCUT2D eigenvalue weighted by Gasteiger charge is 2.07. The predicted molar refractivity (Wildman–Crippen MR) is 64.4 cm³/mol. The first kappa shape index (κ1) is 11.6. The fraction of sp³-hybridized carbons (Fsp3) is 0.714. The van der Waals surface area contributed by atoms with Crippen molar-refractivity contribution in [2.24, 2.45) is 5.92 Å². The van der Waals surface area contributed by atoms with Gasteiger partial charge in [0.25, 0.3) is 0 Å². The highest BCUT2D eigenvalue weighted by atomic mass is 14.1. The minimum Gasteiger partial charge on any atom is -0.103 e. The highest BCUT2D eigenvalue weighted by Crippen LogP contribution is 2.23. The number of hydrogen-bond donors (Lipinski definition) is 0. The topological polar surface area (TPSA) is 0 Å². The molecule has 1 saturated carbocycles. The van der Waals surface area contributed by atoms with E-state index in [1.807, 2.05) is 0 Å². The zero-order valence-corrected chi connectivity index (χ0v) is 9.38. The lowest BCUT2D eigenvalue weighted by atomic mass is 9.90. The Bertz CT molecular complexity index is 153. The van der Waals surface area contributed by atoms with Crippen molar-refractivity contribution in [2.45, 2.75) is 57.8 Å². The molecule has 2 aliphatic rings. The second-order valence-electron chi connectivity index (χ2n) is 4.39. The molecule has 0 spiro atoms. The van der Waals surface area contributed by atoms with Crippen LogP contribution < -0.4 is 0 Å². The van der Waals surface area contributed by atoms with Crippen molar-refractivity contribution in [3.05, 3.63) is 24.8 Å². The minimum absolute atomic E-state index is 0.851. The molecule has 2 rings (SSSR count). The summed E-state index contributed by atoms with van der Waals surface area (Å²) in [7, 11) is 0. The molecule has 0 aliphatic heterocycles. The molecule has 2 aliphatic carbocycles. The predicted octanol–water partition coefficient (Wildman–Crippen LogP) is 4.87. The zero-order chi connectivity index (χ0) is 10.1. The van der Waals surface area contributed by atoms with Crippen LogP contribution in [0.25, 0.3) is 0 Å². The summed E-state index contributed by atoms with van der Waals surface area (Å²) in [5.74, 6) is 0.851. The largest absolute Gasteiger partial charge is 0.103 e. The smallest absolute Gasteiger partial charge is 0.0236 e. The van der Waals surface area contributed by atoms with Crippen LogP contribution in [0.3, 0.4) is 0 Å². The monoisotopic (exact) mass is 192 g/mol. The van der Waals surface area contributed by atoms with E-state index in [0.29, 0.717) is 0 Å². The van der Waals surface area contributed by atoms with Gasteiger partial charge in [-0.05, 0) is 44.4 Å². The van der Waals surface area contributed by atoms with Gasteiger partial charge in [-0.15, -0.1) is 6.58 Å². The van der Waals surface area contributed by atoms with Gasteiger partial charge in [-0.25, -0.2) is 0 Å². The summed E-state index contributed by atoms with van der Waals surface area (Å²) in [6.45, 7) is 3.78. The summed E-state index contributed by atoms with van der Waals surface area (Å²) in [5.41, 5.74) is 0. The Hall–Kier alpha value is -0.520. The number of allylic oxidation sites excluding steroid dienone is 3. The van der Waals surface area contributed by atoms with Crippen molar-refractivity contribution in [3.8, 4) is 0 Å². The number of hydrogen-bond acceptors (Lipinski definition) is 0. The zero-order valence-electron chi connectivity index (χ0n) is 9.38. The molecule has 0 nitrogen and oxygen atoms in total. The van der Waals surface area contributed by atoms with Gasteiger partial charge in [0.15, 0.2) is 0 Å². The van der Waals surface area contributed by atoms with Gasteiger partial charge >= 0.3 is 0 Å². The van der Waals surface area contributed by atoms with Crippen molar-refractivity contribution in [1.82, 2.24) is 0 Å². The SMILES string of the molecule is C1=CCCCC1.C=CC1CCCCC1. The third kappa shape index (κ3) is 5.26. The second-order valence-corrected chi connectivity index (χ2v) is 4.39. The summed E-state index contributed by atoms with van der Waals surface area (Å²) < 4.78 is 0. The van der Waals surface area contributed by atoms with Crippen molar-refractivity contribution in [2.75, 3.05) is 0 Å². The molecule has 0 radical (unpaired) electrons. The van der Waals surface area contributed by atoms with Gasteiger partial charge in [0.1, 0.15) is 0 Å². The molecule has 0 N–H and O–H groups in total. The van der Waals surface area contributed by atoms with E-state index in [0.717, 1.165) is 5.92 Å². The third-order valence-electron chi connectivity index (χ3n) is 3.14. The molecular weight excluding hydrogens is 168 g/mol. The summed E-state index contributed by atoms with van der Waals surface area (Å²) in [6.07, 6.45) is 19.2. The molecule has 0 heteroatoms. The average Bonchev–Trinajstić information content (AvgIpc) is 2.33. The summed E-state index contributed by atoms with van der Waals surface area (Å²) in [5, 5.41) is 0. The lowest BCUT2D eigenvalue weighted by Crippen LogP contribution is -2.01. The Morgan fingerprint density at radius 2 is 1.43 bits per heavy atom. The lowest BCUT2D eigenvalue weighted by molar-refractivity contribution is 0.420. The maximum Gasteiger partial charge on any atom is -0.0236 e. The van der Waals surface area contributed by atoms with Gasteiger partial charge in [-0.3, -0.25) is 0 Å². The fourth-order valence-electron chi connectivity index (χ4n) is 2.13. The molecular formula is C14H24. The van der Waals surface area contributed by atoms with Crippen molar-refractivity contribution >= 4 is 0 Å². The Kier molecular flexibility index (Phi) is 6.47. The molecule has 1 fully saturated rings. The van der Waals surface area contributed by atoms with Crippen LogP contribution >= 0.6 is 0 Å². The average molecular weight is 192 g/mol. The Morgan fingerprint density at radius 1 is 0.857 bits per heavy atom. The van der Waals surface area contributed by atoms with Crippen molar-refractivity contribution in [3.63, 3.8) is 0 Å². The number of rotatable bonds is 1. The Morgan fingerprint density at radius 3 is 1.71 bits per heavy atom. The second kappa shape index (κ2) is 7.84. The summed E-state index contributed by atoms with van der Waals surface area (Å²) in [4.78, 5) is 0. The first-order chi connectivity index (χ1) is 6.93. The maximum atomic E-state index is 3.78. The standard InChI is InChI=1S/C8H14.C6H10/c1-2-8-6-4-3-5-7-8;1-2-4-6-5-3-1/h2,8H,1,3-7H2;1-2H,3-6H2. The van der Waals surface area contributed by atoms with Crippen LogP contribution in [0.2, 0.25) is 0 Å². The van der Waals surface area contributed by atoms with Gasteiger partial charge in [-0.2, -0.15) is 0 Å². The highest BCUT2D eigenvalue weighted by molar-refractivity contribution is 4.85. The lowest BCUT2D eigenvalue weighted by Gasteiger charge is -2.16. The van der Waals surface area contributed by atoms with Crippen LogP contribution in [0.1, 0.15) is 57.8 Å². The van der Waals surface area contributed by atoms with Gasteiger partial charge < -0.3 is 0 Å². The van der Waals surface area contributed by atoms with Crippen LogP contribution in [0, 0.1) is 5.92 Å². The van der Waals surface area contributed by atoms with Gasteiger partial charge in [0.05, 0.1) is 0 Å². The van der Waals surface area contributed by atoms with E-state index in [4.69, 9.17) is 0 Å². The third-order valence-corrected chi connectivity index (χ3v) is 3.14. The van der Waals surface area contributed by atoms with E-state index < -0.39 is 0 Å². The van der Waals surface area contributed by atoms with E-state index in [-0.39, 0.29) is 0 Å². The molecule has 0 bridgehead atoms. The Labute approximate surface area is 89.1 Å². The van der Waals surface area contributed by atoms with E-state index in [1.54, 1.807) is 0 Å². The molecule has 0 saturated heterocycles. The molecule has 0 atom stereocenters. The maximum absolute atomic E-state index is 3.78. The summed E-state index contributed by atoms with van der Waals surface area (Å²) in [6, 6.07) is 0. The van der Waals surface area contributed by atoms with Crippen LogP contribution in [0.15, 0.2) is 24.8 Å². The summed E-state index contributed by atoms with van der Waals surface area (Å²) >= 11 is 0. The molecule has 0 unspecified atom stereocenters. The molecule has 0 aromatic carbocycles. The van der Waals surface area contributed by atoms with Crippen molar-refractivity contribution in [1.29, 1.82) is 0 Å². The quantitative estimate of drug-likeness (QED) is 0.520. The van der Waals surface area contributed by atoms with Gasteiger partial charge in [0.2, 0.25) is 0 Å². The van der Waals surface area contributed by atoms with Gasteiger partial charge in [-0.1, -0.05) is 37.5 Å².